The Kier molecular flexibility index (Phi) is 3.89. The van der Waals surface area contributed by atoms with Crippen LogP contribution in [0.3, 0.4) is 0 Å². The van der Waals surface area contributed by atoms with Gasteiger partial charge in [0.1, 0.15) is 17.9 Å². The zero-order chi connectivity index (χ0) is 12.3. The topological polar surface area (TPSA) is 51.0 Å². The van der Waals surface area contributed by atoms with Crippen molar-refractivity contribution in [1.29, 1.82) is 0 Å². The number of hydrogen-bond donors (Lipinski definition) is 0. The van der Waals surface area contributed by atoms with Gasteiger partial charge in [0.25, 0.3) is 0 Å². The van der Waals surface area contributed by atoms with E-state index in [-0.39, 0.29) is 5.78 Å². The SMILES string of the molecule is CC(=O)CC1CCCCN1Cc1nncn1C. The highest BCUT2D eigenvalue weighted by atomic mass is 16.1. The van der Waals surface area contributed by atoms with Crippen molar-refractivity contribution >= 4 is 5.78 Å². The first-order chi connectivity index (χ1) is 8.16. The lowest BCUT2D eigenvalue weighted by Crippen LogP contribution is -2.40. The van der Waals surface area contributed by atoms with Crippen molar-refractivity contribution in [2.75, 3.05) is 6.54 Å². The molecule has 0 saturated carbocycles. The zero-order valence-electron chi connectivity index (χ0n) is 10.6. The molecule has 0 bridgehead atoms. The molecule has 2 heterocycles. The van der Waals surface area contributed by atoms with Crippen LogP contribution in [0.15, 0.2) is 6.33 Å². The van der Waals surface area contributed by atoms with E-state index in [1.165, 1.54) is 12.8 Å². The van der Waals surface area contributed by atoms with Crippen LogP contribution >= 0.6 is 0 Å². The normalized spacial score (nSPS) is 21.6. The number of ketones is 1. The fourth-order valence-electron chi connectivity index (χ4n) is 2.46. The van der Waals surface area contributed by atoms with Crippen LogP contribution in [0.4, 0.5) is 0 Å². The molecule has 1 fully saturated rings. The molecule has 0 aromatic carbocycles. The number of Topliss-reactive ketones (excluding diaryl/α,β-unsaturated/α-hetero) is 1. The molecule has 0 spiro atoms. The second-order valence-electron chi connectivity index (χ2n) is 4.88. The minimum Gasteiger partial charge on any atom is -0.320 e. The van der Waals surface area contributed by atoms with Crippen molar-refractivity contribution in [3.05, 3.63) is 12.2 Å². The summed E-state index contributed by atoms with van der Waals surface area (Å²) in [5, 5.41) is 8.00. The van der Waals surface area contributed by atoms with Crippen molar-refractivity contribution in [2.24, 2.45) is 7.05 Å². The summed E-state index contributed by atoms with van der Waals surface area (Å²) < 4.78 is 1.94. The lowest BCUT2D eigenvalue weighted by molar-refractivity contribution is -0.118. The number of likely N-dealkylation sites (tertiary alicyclic amines) is 1. The Bertz CT molecular complexity index is 388. The van der Waals surface area contributed by atoms with Gasteiger partial charge in [-0.05, 0) is 26.3 Å². The van der Waals surface area contributed by atoms with Gasteiger partial charge < -0.3 is 4.57 Å². The number of nitrogens with zero attached hydrogens (tertiary/aromatic N) is 4. The van der Waals surface area contributed by atoms with Crippen LogP contribution in [0.5, 0.6) is 0 Å². The Hall–Kier alpha value is -1.23. The fraction of sp³-hybridized carbons (Fsp3) is 0.750. The third-order valence-electron chi connectivity index (χ3n) is 3.42. The van der Waals surface area contributed by atoms with Gasteiger partial charge in [-0.15, -0.1) is 10.2 Å². The number of piperidine rings is 1. The molecule has 1 aliphatic heterocycles. The third kappa shape index (κ3) is 3.12. The highest BCUT2D eigenvalue weighted by molar-refractivity contribution is 5.76. The highest BCUT2D eigenvalue weighted by Gasteiger charge is 2.24. The smallest absolute Gasteiger partial charge is 0.146 e. The van der Waals surface area contributed by atoms with Crippen LogP contribution in [-0.2, 0) is 18.4 Å². The lowest BCUT2D eigenvalue weighted by Gasteiger charge is -2.34. The second-order valence-corrected chi connectivity index (χ2v) is 4.88. The summed E-state index contributed by atoms with van der Waals surface area (Å²) in [6.07, 6.45) is 5.95. The van der Waals surface area contributed by atoms with Gasteiger partial charge in [0, 0.05) is 19.5 Å². The summed E-state index contributed by atoms with van der Waals surface area (Å²) >= 11 is 0. The summed E-state index contributed by atoms with van der Waals surface area (Å²) in [4.78, 5) is 13.6. The Labute approximate surface area is 102 Å². The van der Waals surface area contributed by atoms with Crippen molar-refractivity contribution in [3.63, 3.8) is 0 Å². The summed E-state index contributed by atoms with van der Waals surface area (Å²) in [5.41, 5.74) is 0. The van der Waals surface area contributed by atoms with E-state index in [1.807, 2.05) is 11.6 Å². The molecule has 1 aromatic heterocycles. The van der Waals surface area contributed by atoms with Crippen molar-refractivity contribution in [3.8, 4) is 0 Å². The molecule has 1 atom stereocenters. The van der Waals surface area contributed by atoms with Gasteiger partial charge in [-0.1, -0.05) is 6.42 Å². The molecular formula is C12H20N4O. The number of carbonyl (C=O) groups excluding carboxylic acids is 1. The molecule has 2 rings (SSSR count). The summed E-state index contributed by atoms with van der Waals surface area (Å²) in [6, 6.07) is 0.387. The van der Waals surface area contributed by atoms with Gasteiger partial charge in [-0.3, -0.25) is 9.69 Å². The maximum absolute atomic E-state index is 11.3. The largest absolute Gasteiger partial charge is 0.320 e. The van der Waals surface area contributed by atoms with E-state index in [1.54, 1.807) is 13.3 Å². The Morgan fingerprint density at radius 1 is 1.53 bits per heavy atom. The Morgan fingerprint density at radius 2 is 2.35 bits per heavy atom. The molecule has 0 aliphatic carbocycles. The monoisotopic (exact) mass is 236 g/mol. The third-order valence-corrected chi connectivity index (χ3v) is 3.42. The lowest BCUT2D eigenvalue weighted by atomic mass is 9.98. The zero-order valence-corrected chi connectivity index (χ0v) is 10.6. The average Bonchev–Trinajstić information content (AvgIpc) is 2.67. The predicted molar refractivity (Wildman–Crippen MR) is 64.4 cm³/mol. The van der Waals surface area contributed by atoms with Crippen LogP contribution in [-0.4, -0.2) is 38.0 Å². The summed E-state index contributed by atoms with van der Waals surface area (Å²) in [7, 11) is 1.96. The van der Waals surface area contributed by atoms with E-state index in [2.05, 4.69) is 15.1 Å². The highest BCUT2D eigenvalue weighted by Crippen LogP contribution is 2.21. The predicted octanol–water partition coefficient (Wildman–Crippen LogP) is 1.15. The minimum absolute atomic E-state index is 0.278. The standard InChI is InChI=1S/C12H20N4O/c1-10(17)7-11-5-3-4-6-16(11)8-12-14-13-9-15(12)2/h9,11H,3-8H2,1-2H3. The van der Waals surface area contributed by atoms with Crippen LogP contribution in [0.2, 0.25) is 0 Å². The molecule has 5 heteroatoms. The first-order valence-corrected chi connectivity index (χ1v) is 6.23. The molecule has 0 radical (unpaired) electrons. The van der Waals surface area contributed by atoms with Crippen molar-refractivity contribution in [2.45, 2.75) is 45.2 Å². The number of hydrogen-bond acceptors (Lipinski definition) is 4. The molecule has 5 nitrogen and oxygen atoms in total. The van der Waals surface area contributed by atoms with E-state index in [9.17, 15) is 4.79 Å². The molecule has 17 heavy (non-hydrogen) atoms. The van der Waals surface area contributed by atoms with Gasteiger partial charge in [0.15, 0.2) is 0 Å². The van der Waals surface area contributed by atoms with Crippen LogP contribution in [0.25, 0.3) is 0 Å². The summed E-state index contributed by atoms with van der Waals surface area (Å²) in [5.74, 6) is 1.25. The summed E-state index contributed by atoms with van der Waals surface area (Å²) in [6.45, 7) is 3.54. The first-order valence-electron chi connectivity index (χ1n) is 6.23. The molecule has 1 aliphatic rings. The minimum atomic E-state index is 0.278. The van der Waals surface area contributed by atoms with Crippen LogP contribution in [0, 0.1) is 0 Å². The maximum Gasteiger partial charge on any atom is 0.146 e. The average molecular weight is 236 g/mol. The molecular weight excluding hydrogens is 216 g/mol. The molecule has 1 unspecified atom stereocenters. The van der Waals surface area contributed by atoms with Gasteiger partial charge in [0.2, 0.25) is 0 Å². The van der Waals surface area contributed by atoms with Crippen LogP contribution in [0.1, 0.15) is 38.4 Å². The molecule has 94 valence electrons. The van der Waals surface area contributed by atoms with Crippen molar-refractivity contribution in [1.82, 2.24) is 19.7 Å². The molecule has 0 N–H and O–H groups in total. The van der Waals surface area contributed by atoms with Crippen LogP contribution < -0.4 is 0 Å². The molecule has 1 aromatic rings. The second kappa shape index (κ2) is 5.40. The number of carbonyl (C=O) groups is 1. The van der Waals surface area contributed by atoms with Gasteiger partial charge in [0.05, 0.1) is 6.54 Å². The Morgan fingerprint density at radius 3 is 3.00 bits per heavy atom. The molecule has 1 saturated heterocycles. The van der Waals surface area contributed by atoms with Gasteiger partial charge in [-0.25, -0.2) is 0 Å². The van der Waals surface area contributed by atoms with Gasteiger partial charge in [-0.2, -0.15) is 0 Å². The van der Waals surface area contributed by atoms with E-state index in [0.29, 0.717) is 12.5 Å². The van der Waals surface area contributed by atoms with E-state index >= 15 is 0 Å². The fourth-order valence-corrected chi connectivity index (χ4v) is 2.46. The quantitative estimate of drug-likeness (QED) is 0.787. The van der Waals surface area contributed by atoms with Crippen molar-refractivity contribution < 1.29 is 4.79 Å². The maximum atomic E-state index is 11.3. The van der Waals surface area contributed by atoms with E-state index in [4.69, 9.17) is 0 Å². The van der Waals surface area contributed by atoms with Gasteiger partial charge >= 0.3 is 0 Å². The molecule has 0 amide bonds. The van der Waals surface area contributed by atoms with E-state index < -0.39 is 0 Å². The number of rotatable bonds is 4. The van der Waals surface area contributed by atoms with E-state index in [0.717, 1.165) is 25.3 Å². The Balaban J connectivity index is 2.01. The number of aryl methyl sites for hydroxylation is 1. The first kappa shape index (κ1) is 12.2. The number of aromatic nitrogens is 3.